The van der Waals surface area contributed by atoms with Crippen LogP contribution in [0.25, 0.3) is 0 Å². The monoisotopic (exact) mass is 672 g/mol. The van der Waals surface area contributed by atoms with Crippen molar-refractivity contribution in [3.8, 4) is 0 Å². The van der Waals surface area contributed by atoms with Crippen LogP contribution in [0.4, 0.5) is 0 Å². The molecule has 5 rings (SSSR count). The number of halogens is 2. The van der Waals surface area contributed by atoms with Crippen LogP contribution in [0.1, 0.15) is 70.1 Å². The van der Waals surface area contributed by atoms with Crippen LogP contribution in [0.2, 0.25) is 0 Å². The van der Waals surface area contributed by atoms with E-state index in [9.17, 15) is 0 Å². The van der Waals surface area contributed by atoms with Crippen LogP contribution in [-0.2, 0) is 22.3 Å². The Morgan fingerprint density at radius 3 is 1.57 bits per heavy atom. The summed E-state index contributed by atoms with van der Waals surface area (Å²) in [6.07, 6.45) is 4.59. The molecule has 256 valence electrons. The zero-order chi connectivity index (χ0) is 34.1. The van der Waals surface area contributed by atoms with E-state index in [1.165, 1.54) is 49.2 Å². The Labute approximate surface area is 289 Å². The van der Waals surface area contributed by atoms with Gasteiger partial charge in [0.05, 0.1) is 5.34 Å². The highest BCUT2D eigenvalue weighted by Crippen LogP contribution is 2.32. The van der Waals surface area contributed by atoms with Gasteiger partial charge in [0, 0.05) is 25.2 Å². The molecule has 2 heterocycles. The minimum Gasteiger partial charge on any atom is -0.483 e. The number of nitrogens with zero attached hydrogens (tertiary/aromatic N) is 2. The van der Waals surface area contributed by atoms with E-state index in [0.29, 0.717) is 5.41 Å². The molecule has 0 bridgehead atoms. The van der Waals surface area contributed by atoms with Gasteiger partial charge in [0.1, 0.15) is 0 Å². The van der Waals surface area contributed by atoms with Gasteiger partial charge in [0.2, 0.25) is 0 Å². The van der Waals surface area contributed by atoms with Crippen molar-refractivity contribution in [2.45, 2.75) is 70.9 Å². The smallest absolute Gasteiger partial charge is 0.290 e. The molecule has 0 unspecified atom stereocenters. The Bertz CT molecular complexity index is 1120. The molecule has 0 saturated carbocycles. The van der Waals surface area contributed by atoms with Crippen molar-refractivity contribution in [3.63, 3.8) is 0 Å². The van der Waals surface area contributed by atoms with Crippen LogP contribution in [0.5, 0.6) is 0 Å². The van der Waals surface area contributed by atoms with E-state index in [-0.39, 0.29) is 17.4 Å². The predicted molar refractivity (Wildman–Crippen MR) is 198 cm³/mol. The van der Waals surface area contributed by atoms with Crippen LogP contribution < -0.4 is 11.1 Å². The summed E-state index contributed by atoms with van der Waals surface area (Å²) in [6.45, 7) is 17.7. The maximum Gasteiger partial charge on any atom is 0.290 e. The summed E-state index contributed by atoms with van der Waals surface area (Å²) in [6, 6.07) is 32.1. The normalized spacial score (nSPS) is 16.4. The minimum atomic E-state index is -0.250. The third-order valence-corrected chi connectivity index (χ3v) is 8.87. The summed E-state index contributed by atoms with van der Waals surface area (Å²) in [5.74, 6) is 0. The molecule has 2 aliphatic heterocycles. The van der Waals surface area contributed by atoms with Crippen LogP contribution in [-0.4, -0.2) is 72.5 Å². The first-order valence-electron chi connectivity index (χ1n) is 16.5. The van der Waals surface area contributed by atoms with Crippen molar-refractivity contribution in [3.05, 3.63) is 108 Å². The predicted octanol–water partition coefficient (Wildman–Crippen LogP) is 7.93. The van der Waals surface area contributed by atoms with Gasteiger partial charge in [-0.2, -0.15) is 0 Å². The van der Waals surface area contributed by atoms with Crippen molar-refractivity contribution < 1.29 is 9.90 Å². The number of hydrogen-bond acceptors (Lipinski definition) is 5. The molecule has 3 aromatic carbocycles. The molecule has 6 nitrogen and oxygen atoms in total. The second kappa shape index (κ2) is 24.7. The molecule has 0 spiro atoms. The lowest BCUT2D eigenvalue weighted by Crippen LogP contribution is -2.47. The van der Waals surface area contributed by atoms with Gasteiger partial charge < -0.3 is 21.1 Å². The zero-order valence-electron chi connectivity index (χ0n) is 28.5. The number of likely N-dealkylation sites (tertiary alicyclic amines) is 1. The molecule has 3 aromatic rings. The van der Waals surface area contributed by atoms with Gasteiger partial charge in [-0.3, -0.25) is 9.69 Å². The minimum absolute atomic E-state index is 0.144. The second-order valence-corrected chi connectivity index (χ2v) is 12.6. The van der Waals surface area contributed by atoms with Crippen LogP contribution >= 0.6 is 23.2 Å². The van der Waals surface area contributed by atoms with Crippen molar-refractivity contribution in [2.24, 2.45) is 5.73 Å². The Balaban J connectivity index is 0.000000349. The first-order chi connectivity index (χ1) is 22.2. The lowest BCUT2D eigenvalue weighted by atomic mass is 9.75. The summed E-state index contributed by atoms with van der Waals surface area (Å²) < 4.78 is 0. The fourth-order valence-corrected chi connectivity index (χ4v) is 5.79. The molecule has 0 atom stereocenters. The molecule has 2 aliphatic rings. The highest BCUT2D eigenvalue weighted by molar-refractivity contribution is 6.40. The number of hydrogen-bond donors (Lipinski definition) is 3. The van der Waals surface area contributed by atoms with E-state index in [1.54, 1.807) is 0 Å². The van der Waals surface area contributed by atoms with Gasteiger partial charge in [-0.15, -0.1) is 23.2 Å². The zero-order valence-corrected chi connectivity index (χ0v) is 30.0. The molecule has 2 fully saturated rings. The fraction of sp³-hybridized carbons (Fsp3) is 0.500. The van der Waals surface area contributed by atoms with Gasteiger partial charge in [-0.05, 0) is 80.5 Å². The number of rotatable bonds is 7. The van der Waals surface area contributed by atoms with Crippen molar-refractivity contribution in [2.75, 3.05) is 51.2 Å². The molecule has 0 aromatic heterocycles. The molecule has 0 radical (unpaired) electrons. The summed E-state index contributed by atoms with van der Waals surface area (Å²) >= 11 is 9.53. The summed E-state index contributed by atoms with van der Waals surface area (Å²) in [7, 11) is 0. The average Bonchev–Trinajstić information content (AvgIpc) is 3.10. The van der Waals surface area contributed by atoms with Crippen LogP contribution in [0.15, 0.2) is 91.0 Å². The standard InChI is InChI=1S/C18H22N2.C12H17N.C6H15N.CH2Cl2.CH2O2/c19-18(17-9-5-2-6-10-17)11-13-20(14-12-18)15-16-7-3-1-4-8-16;1-12(7-9-13-10-8-12)11-5-3-2-4-6-11;1-4-7(5-2)6-3;2*2-1-3/h1-10H,11-15,19H2;2-6,13H,7-10H2,1H3;4-6H2,1-3H3;1H2;1H,(H,2,3). The SMILES string of the molecule is CC1(c2ccccc2)CCNCC1.CCN(CC)CC.ClCCl.NC1(c2ccccc2)CCN(Cc2ccccc2)CC1.O=CO. The average molecular weight is 674 g/mol. The Morgan fingerprint density at radius 2 is 1.17 bits per heavy atom. The Kier molecular flexibility index (Phi) is 22.3. The van der Waals surface area contributed by atoms with Crippen molar-refractivity contribution in [1.29, 1.82) is 0 Å². The highest BCUT2D eigenvalue weighted by Gasteiger charge is 2.32. The molecule has 0 aliphatic carbocycles. The highest BCUT2D eigenvalue weighted by atomic mass is 35.5. The van der Waals surface area contributed by atoms with E-state index in [1.807, 2.05) is 0 Å². The largest absolute Gasteiger partial charge is 0.483 e. The topological polar surface area (TPSA) is 81.8 Å². The van der Waals surface area contributed by atoms with Crippen LogP contribution in [0.3, 0.4) is 0 Å². The first kappa shape index (κ1) is 41.6. The fourth-order valence-electron chi connectivity index (χ4n) is 5.79. The van der Waals surface area contributed by atoms with Crippen molar-refractivity contribution >= 4 is 29.7 Å². The molecule has 4 N–H and O–H groups in total. The van der Waals surface area contributed by atoms with Gasteiger partial charge in [0.25, 0.3) is 6.47 Å². The van der Waals surface area contributed by atoms with E-state index in [4.69, 9.17) is 38.8 Å². The number of nitrogens with one attached hydrogen (secondary N) is 1. The van der Waals surface area contributed by atoms with E-state index in [2.05, 4.69) is 134 Å². The lowest BCUT2D eigenvalue weighted by Gasteiger charge is -2.39. The van der Waals surface area contributed by atoms with Gasteiger partial charge in [-0.1, -0.05) is 119 Å². The summed E-state index contributed by atoms with van der Waals surface area (Å²) in [4.78, 5) is 13.2. The maximum atomic E-state index is 8.36. The van der Waals surface area contributed by atoms with E-state index in [0.717, 1.165) is 45.6 Å². The molecular formula is C38H58Cl2N4O2. The number of piperidine rings is 2. The summed E-state index contributed by atoms with van der Waals surface area (Å²) in [5.41, 5.74) is 11.0. The second-order valence-electron chi connectivity index (χ2n) is 11.8. The van der Waals surface area contributed by atoms with Crippen LogP contribution in [0, 0.1) is 0 Å². The summed E-state index contributed by atoms with van der Waals surface area (Å²) in [5, 5.41) is 10.5. The van der Waals surface area contributed by atoms with Gasteiger partial charge >= 0.3 is 0 Å². The van der Waals surface area contributed by atoms with Crippen molar-refractivity contribution in [1.82, 2.24) is 15.1 Å². The number of carbonyl (C=O) groups is 1. The van der Waals surface area contributed by atoms with Gasteiger partial charge in [-0.25, -0.2) is 0 Å². The van der Waals surface area contributed by atoms with Gasteiger partial charge in [0.15, 0.2) is 0 Å². The number of alkyl halides is 2. The molecule has 8 heteroatoms. The maximum absolute atomic E-state index is 8.36. The number of benzene rings is 3. The molecular weight excluding hydrogens is 615 g/mol. The molecule has 46 heavy (non-hydrogen) atoms. The number of carboxylic acid groups (broad SMARTS) is 1. The third-order valence-electron chi connectivity index (χ3n) is 8.87. The quantitative estimate of drug-likeness (QED) is 0.175. The molecule has 2 saturated heterocycles. The van der Waals surface area contributed by atoms with E-state index < -0.39 is 0 Å². The van der Waals surface area contributed by atoms with E-state index >= 15 is 0 Å². The Morgan fingerprint density at radius 1 is 0.783 bits per heavy atom. The number of nitrogens with two attached hydrogens (primary N) is 1. The third kappa shape index (κ3) is 15.9. The Hall–Kier alpha value is -2.45. The lowest BCUT2D eigenvalue weighted by molar-refractivity contribution is -0.122. The first-order valence-corrected chi connectivity index (χ1v) is 17.6. The molecule has 0 amide bonds.